The summed E-state index contributed by atoms with van der Waals surface area (Å²) in [5, 5.41) is 3.14. The number of nitrogens with one attached hydrogen (secondary N) is 1. The molecule has 2 aromatic rings. The molecule has 1 aromatic carbocycles. The fraction of sp³-hybridized carbons (Fsp3) is 0.417. The Kier molecular flexibility index (Phi) is 3.82. The summed E-state index contributed by atoms with van der Waals surface area (Å²) in [6.45, 7) is 1.61. The highest BCUT2D eigenvalue weighted by Gasteiger charge is 2.04. The van der Waals surface area contributed by atoms with Gasteiger partial charge in [-0.2, -0.15) is 4.98 Å². The van der Waals surface area contributed by atoms with Gasteiger partial charge in [0.25, 0.3) is 6.01 Å². The van der Waals surface area contributed by atoms with E-state index in [0.717, 1.165) is 37.1 Å². The van der Waals surface area contributed by atoms with E-state index in [1.54, 1.807) is 19.2 Å². The van der Waals surface area contributed by atoms with Crippen LogP contribution in [0.25, 0.3) is 11.1 Å². The average molecular weight is 235 g/mol. The standard InChI is InChI=1S/C12H17N3O2/c1-16-7-3-2-6-14-12-15-10-8-9(13)4-5-11(10)17-12/h4-5,8H,2-3,6-7,13H2,1H3,(H,14,15). The van der Waals surface area contributed by atoms with Crippen LogP contribution in [0.4, 0.5) is 11.7 Å². The Morgan fingerprint density at radius 2 is 2.29 bits per heavy atom. The summed E-state index contributed by atoms with van der Waals surface area (Å²) in [6, 6.07) is 5.97. The van der Waals surface area contributed by atoms with Crippen molar-refractivity contribution in [3.8, 4) is 0 Å². The third kappa shape index (κ3) is 3.10. The molecule has 0 unspecified atom stereocenters. The van der Waals surface area contributed by atoms with Gasteiger partial charge in [0.05, 0.1) is 0 Å². The number of nitrogen functional groups attached to an aromatic ring is 1. The monoisotopic (exact) mass is 235 g/mol. The van der Waals surface area contributed by atoms with E-state index in [2.05, 4.69) is 10.3 Å². The third-order valence-electron chi connectivity index (χ3n) is 2.46. The minimum atomic E-state index is 0.544. The maximum Gasteiger partial charge on any atom is 0.295 e. The Morgan fingerprint density at radius 3 is 3.12 bits per heavy atom. The third-order valence-corrected chi connectivity index (χ3v) is 2.46. The van der Waals surface area contributed by atoms with E-state index in [4.69, 9.17) is 14.9 Å². The van der Waals surface area contributed by atoms with Crippen LogP contribution in [-0.2, 0) is 4.74 Å². The predicted molar refractivity (Wildman–Crippen MR) is 68.0 cm³/mol. The number of hydrogen-bond acceptors (Lipinski definition) is 5. The van der Waals surface area contributed by atoms with E-state index >= 15 is 0 Å². The maximum absolute atomic E-state index is 5.67. The van der Waals surface area contributed by atoms with Crippen LogP contribution in [0, 0.1) is 0 Å². The van der Waals surface area contributed by atoms with Crippen molar-refractivity contribution >= 4 is 22.8 Å². The van der Waals surface area contributed by atoms with Gasteiger partial charge in [-0.05, 0) is 31.0 Å². The van der Waals surface area contributed by atoms with Crippen LogP contribution < -0.4 is 11.1 Å². The molecule has 92 valence electrons. The lowest BCUT2D eigenvalue weighted by Crippen LogP contribution is -2.02. The summed E-state index contributed by atoms with van der Waals surface area (Å²) in [5.41, 5.74) is 7.89. The number of aromatic nitrogens is 1. The van der Waals surface area contributed by atoms with Crippen molar-refractivity contribution in [3.63, 3.8) is 0 Å². The van der Waals surface area contributed by atoms with Gasteiger partial charge >= 0.3 is 0 Å². The smallest absolute Gasteiger partial charge is 0.295 e. The Labute approximate surface area is 100.0 Å². The number of nitrogens with zero attached hydrogens (tertiary/aromatic N) is 1. The van der Waals surface area contributed by atoms with E-state index in [9.17, 15) is 0 Å². The molecular formula is C12H17N3O2. The number of nitrogens with two attached hydrogens (primary N) is 1. The van der Waals surface area contributed by atoms with Crippen LogP contribution in [0.15, 0.2) is 22.6 Å². The highest BCUT2D eigenvalue weighted by Crippen LogP contribution is 2.20. The van der Waals surface area contributed by atoms with Crippen molar-refractivity contribution in [1.82, 2.24) is 4.98 Å². The first-order valence-electron chi connectivity index (χ1n) is 5.68. The van der Waals surface area contributed by atoms with Crippen molar-refractivity contribution in [3.05, 3.63) is 18.2 Å². The molecule has 3 N–H and O–H groups in total. The summed E-state index contributed by atoms with van der Waals surface area (Å²) in [4.78, 5) is 4.30. The van der Waals surface area contributed by atoms with Crippen molar-refractivity contribution in [1.29, 1.82) is 0 Å². The van der Waals surface area contributed by atoms with Gasteiger partial charge in [-0.25, -0.2) is 0 Å². The Morgan fingerprint density at radius 1 is 1.41 bits per heavy atom. The summed E-state index contributed by atoms with van der Waals surface area (Å²) < 4.78 is 10.5. The molecule has 5 heteroatoms. The second-order valence-corrected chi connectivity index (χ2v) is 3.87. The molecular weight excluding hydrogens is 218 g/mol. The van der Waals surface area contributed by atoms with Gasteiger partial charge in [0, 0.05) is 25.9 Å². The molecule has 0 bridgehead atoms. The number of anilines is 2. The predicted octanol–water partition coefficient (Wildman–Crippen LogP) is 2.25. The SMILES string of the molecule is COCCCCNc1nc2cc(N)ccc2o1. The molecule has 0 aliphatic heterocycles. The molecule has 1 aromatic heterocycles. The number of ether oxygens (including phenoxy) is 1. The lowest BCUT2D eigenvalue weighted by atomic mass is 10.3. The summed E-state index contributed by atoms with van der Waals surface area (Å²) >= 11 is 0. The number of oxazole rings is 1. The van der Waals surface area contributed by atoms with E-state index in [-0.39, 0.29) is 0 Å². The molecule has 0 fully saturated rings. The van der Waals surface area contributed by atoms with Gasteiger partial charge in [0.2, 0.25) is 0 Å². The minimum Gasteiger partial charge on any atom is -0.424 e. The Hall–Kier alpha value is -1.75. The summed E-state index contributed by atoms with van der Waals surface area (Å²) in [5.74, 6) is 0. The molecule has 1 heterocycles. The van der Waals surface area contributed by atoms with Gasteiger partial charge in [0.1, 0.15) is 5.52 Å². The molecule has 5 nitrogen and oxygen atoms in total. The van der Waals surface area contributed by atoms with E-state index in [1.807, 2.05) is 6.07 Å². The minimum absolute atomic E-state index is 0.544. The number of hydrogen-bond donors (Lipinski definition) is 2. The Bertz CT molecular complexity index is 482. The topological polar surface area (TPSA) is 73.3 Å². The molecule has 0 atom stereocenters. The van der Waals surface area contributed by atoms with Crippen LogP contribution in [0.1, 0.15) is 12.8 Å². The molecule has 2 rings (SSSR count). The van der Waals surface area contributed by atoms with Crippen molar-refractivity contribution in [2.24, 2.45) is 0 Å². The second kappa shape index (κ2) is 5.54. The highest BCUT2D eigenvalue weighted by atomic mass is 16.5. The lowest BCUT2D eigenvalue weighted by Gasteiger charge is -2.00. The number of benzene rings is 1. The van der Waals surface area contributed by atoms with E-state index in [0.29, 0.717) is 11.7 Å². The zero-order valence-corrected chi connectivity index (χ0v) is 9.90. The maximum atomic E-state index is 5.67. The highest BCUT2D eigenvalue weighted by molar-refractivity contribution is 5.78. The first kappa shape index (κ1) is 11.7. The quantitative estimate of drug-likeness (QED) is 0.593. The zero-order chi connectivity index (χ0) is 12.1. The molecule has 0 saturated heterocycles. The molecule has 0 spiro atoms. The van der Waals surface area contributed by atoms with Crippen LogP contribution in [0.2, 0.25) is 0 Å². The molecule has 0 aliphatic rings. The van der Waals surface area contributed by atoms with Gasteiger partial charge in [-0.1, -0.05) is 0 Å². The lowest BCUT2D eigenvalue weighted by molar-refractivity contribution is 0.193. The largest absolute Gasteiger partial charge is 0.424 e. The summed E-state index contributed by atoms with van der Waals surface area (Å²) in [6.07, 6.45) is 2.05. The number of fused-ring (bicyclic) bond motifs is 1. The summed E-state index contributed by atoms with van der Waals surface area (Å²) in [7, 11) is 1.71. The van der Waals surface area contributed by atoms with Gasteiger partial charge in [-0.15, -0.1) is 0 Å². The van der Waals surface area contributed by atoms with Crippen LogP contribution >= 0.6 is 0 Å². The van der Waals surface area contributed by atoms with Gasteiger partial charge in [-0.3, -0.25) is 0 Å². The average Bonchev–Trinajstić information content (AvgIpc) is 2.70. The van der Waals surface area contributed by atoms with Crippen LogP contribution in [-0.4, -0.2) is 25.2 Å². The number of methoxy groups -OCH3 is 1. The van der Waals surface area contributed by atoms with Gasteiger partial charge in [0.15, 0.2) is 5.58 Å². The molecule has 0 amide bonds. The molecule has 0 saturated carbocycles. The molecule has 0 radical (unpaired) electrons. The van der Waals surface area contributed by atoms with Crippen molar-refractivity contribution in [2.75, 3.05) is 31.3 Å². The Balaban J connectivity index is 1.91. The van der Waals surface area contributed by atoms with Crippen LogP contribution in [0.5, 0.6) is 0 Å². The zero-order valence-electron chi connectivity index (χ0n) is 9.90. The number of unbranched alkanes of at least 4 members (excludes halogenated alkanes) is 1. The fourth-order valence-corrected chi connectivity index (χ4v) is 1.59. The van der Waals surface area contributed by atoms with Gasteiger partial charge < -0.3 is 20.2 Å². The van der Waals surface area contributed by atoms with Crippen molar-refractivity contribution in [2.45, 2.75) is 12.8 Å². The van der Waals surface area contributed by atoms with Crippen molar-refractivity contribution < 1.29 is 9.15 Å². The normalized spacial score (nSPS) is 10.9. The first-order chi connectivity index (χ1) is 8.29. The fourth-order valence-electron chi connectivity index (χ4n) is 1.59. The first-order valence-corrected chi connectivity index (χ1v) is 5.68. The number of rotatable bonds is 6. The van der Waals surface area contributed by atoms with E-state index in [1.165, 1.54) is 0 Å². The van der Waals surface area contributed by atoms with E-state index < -0.39 is 0 Å². The second-order valence-electron chi connectivity index (χ2n) is 3.87. The van der Waals surface area contributed by atoms with Crippen LogP contribution in [0.3, 0.4) is 0 Å². The molecule has 17 heavy (non-hydrogen) atoms. The molecule has 0 aliphatic carbocycles.